The number of hydrogen-bond donors (Lipinski definition) is 1. The van der Waals surface area contributed by atoms with Crippen molar-refractivity contribution >= 4 is 11.8 Å². The van der Waals surface area contributed by atoms with Crippen molar-refractivity contribution < 1.29 is 4.74 Å². The van der Waals surface area contributed by atoms with E-state index in [1.807, 2.05) is 23.9 Å². The van der Waals surface area contributed by atoms with Gasteiger partial charge in [0.2, 0.25) is 0 Å². The minimum atomic E-state index is 0.349. The standard InChI is InChI=1S/C16H27NOS/c1-14(15-10-6-7-11-16(15)18-2)17-12-8-4-5-9-13-19-3/h6-7,10-11,14,17H,4-5,8-9,12-13H2,1-3H3. The van der Waals surface area contributed by atoms with Gasteiger partial charge >= 0.3 is 0 Å². The van der Waals surface area contributed by atoms with Crippen LogP contribution in [0, 0.1) is 0 Å². The number of para-hydroxylation sites is 1. The average molecular weight is 281 g/mol. The van der Waals surface area contributed by atoms with E-state index < -0.39 is 0 Å². The summed E-state index contributed by atoms with van der Waals surface area (Å²) in [6.07, 6.45) is 7.46. The quantitative estimate of drug-likeness (QED) is 0.647. The lowest BCUT2D eigenvalue weighted by molar-refractivity contribution is 0.401. The van der Waals surface area contributed by atoms with Crippen molar-refractivity contribution in [1.29, 1.82) is 0 Å². The molecule has 1 aromatic carbocycles. The molecular formula is C16H27NOS. The van der Waals surface area contributed by atoms with E-state index >= 15 is 0 Å². The molecule has 2 nitrogen and oxygen atoms in total. The molecule has 1 atom stereocenters. The number of nitrogens with one attached hydrogen (secondary N) is 1. The second-order valence-corrected chi connectivity index (χ2v) is 5.81. The Bertz CT molecular complexity index is 343. The molecule has 1 rings (SSSR count). The van der Waals surface area contributed by atoms with Crippen molar-refractivity contribution in [3.05, 3.63) is 29.8 Å². The van der Waals surface area contributed by atoms with E-state index in [0.717, 1.165) is 12.3 Å². The van der Waals surface area contributed by atoms with E-state index in [9.17, 15) is 0 Å². The third-order valence-electron chi connectivity index (χ3n) is 3.33. The summed E-state index contributed by atoms with van der Waals surface area (Å²) in [7, 11) is 1.73. The van der Waals surface area contributed by atoms with Crippen LogP contribution in [0.5, 0.6) is 5.75 Å². The first-order valence-electron chi connectivity index (χ1n) is 7.14. The summed E-state index contributed by atoms with van der Waals surface area (Å²) in [6.45, 7) is 3.28. The number of ether oxygens (including phenoxy) is 1. The van der Waals surface area contributed by atoms with E-state index in [0.29, 0.717) is 6.04 Å². The molecule has 19 heavy (non-hydrogen) atoms. The highest BCUT2D eigenvalue weighted by Crippen LogP contribution is 2.24. The maximum atomic E-state index is 5.40. The molecule has 0 aliphatic rings. The molecule has 0 bridgehead atoms. The van der Waals surface area contributed by atoms with E-state index in [4.69, 9.17) is 4.74 Å². The van der Waals surface area contributed by atoms with Gasteiger partial charge in [-0.25, -0.2) is 0 Å². The Balaban J connectivity index is 2.22. The Morgan fingerprint density at radius 3 is 2.63 bits per heavy atom. The maximum Gasteiger partial charge on any atom is 0.123 e. The van der Waals surface area contributed by atoms with Crippen LogP contribution in [0.25, 0.3) is 0 Å². The number of unbranched alkanes of at least 4 members (excludes halogenated alkanes) is 3. The number of hydrogen-bond acceptors (Lipinski definition) is 3. The number of methoxy groups -OCH3 is 1. The molecular weight excluding hydrogens is 254 g/mol. The van der Waals surface area contributed by atoms with Crippen molar-refractivity contribution in [2.75, 3.05) is 25.7 Å². The third-order valence-corrected chi connectivity index (χ3v) is 4.03. The molecule has 0 spiro atoms. The van der Waals surface area contributed by atoms with Gasteiger partial charge in [-0.15, -0.1) is 0 Å². The fraction of sp³-hybridized carbons (Fsp3) is 0.625. The van der Waals surface area contributed by atoms with Crippen LogP contribution in [-0.4, -0.2) is 25.7 Å². The predicted octanol–water partition coefficient (Wildman–Crippen LogP) is 4.27. The highest BCUT2D eigenvalue weighted by atomic mass is 32.2. The van der Waals surface area contributed by atoms with Crippen LogP contribution >= 0.6 is 11.8 Å². The van der Waals surface area contributed by atoms with Crippen molar-refractivity contribution in [3.8, 4) is 5.75 Å². The summed E-state index contributed by atoms with van der Waals surface area (Å²) in [5, 5.41) is 3.58. The first-order valence-corrected chi connectivity index (χ1v) is 8.54. The first-order chi connectivity index (χ1) is 9.29. The average Bonchev–Trinajstić information content (AvgIpc) is 2.46. The summed E-state index contributed by atoms with van der Waals surface area (Å²) in [5.41, 5.74) is 1.24. The molecule has 0 fully saturated rings. The summed E-state index contributed by atoms with van der Waals surface area (Å²) >= 11 is 1.94. The fourth-order valence-electron chi connectivity index (χ4n) is 2.18. The second kappa shape index (κ2) is 10.2. The molecule has 1 N–H and O–H groups in total. The SMILES string of the molecule is COc1ccccc1C(C)NCCCCCCSC. The van der Waals surface area contributed by atoms with Gasteiger partial charge in [-0.2, -0.15) is 11.8 Å². The van der Waals surface area contributed by atoms with Gasteiger partial charge in [0.25, 0.3) is 0 Å². The zero-order valence-corrected chi connectivity index (χ0v) is 13.3. The van der Waals surface area contributed by atoms with Crippen molar-refractivity contribution in [3.63, 3.8) is 0 Å². The van der Waals surface area contributed by atoms with Crippen LogP contribution in [0.1, 0.15) is 44.2 Å². The van der Waals surface area contributed by atoms with Crippen LogP contribution in [0.4, 0.5) is 0 Å². The molecule has 108 valence electrons. The highest BCUT2D eigenvalue weighted by Gasteiger charge is 2.09. The van der Waals surface area contributed by atoms with Crippen molar-refractivity contribution in [2.45, 2.75) is 38.6 Å². The molecule has 3 heteroatoms. The lowest BCUT2D eigenvalue weighted by Crippen LogP contribution is -2.20. The zero-order chi connectivity index (χ0) is 13.9. The summed E-state index contributed by atoms with van der Waals surface area (Å²) < 4.78 is 5.40. The molecule has 1 unspecified atom stereocenters. The largest absolute Gasteiger partial charge is 0.496 e. The predicted molar refractivity (Wildman–Crippen MR) is 86.3 cm³/mol. The van der Waals surface area contributed by atoms with Gasteiger partial charge < -0.3 is 10.1 Å². The molecule has 0 radical (unpaired) electrons. The minimum Gasteiger partial charge on any atom is -0.496 e. The van der Waals surface area contributed by atoms with Crippen LogP contribution in [-0.2, 0) is 0 Å². The number of benzene rings is 1. The van der Waals surface area contributed by atoms with Crippen molar-refractivity contribution in [2.24, 2.45) is 0 Å². The van der Waals surface area contributed by atoms with E-state index in [1.165, 1.54) is 37.0 Å². The van der Waals surface area contributed by atoms with Crippen molar-refractivity contribution in [1.82, 2.24) is 5.32 Å². The summed E-state index contributed by atoms with van der Waals surface area (Å²) in [6, 6.07) is 8.59. The smallest absolute Gasteiger partial charge is 0.123 e. The second-order valence-electron chi connectivity index (χ2n) is 4.82. The van der Waals surface area contributed by atoms with Gasteiger partial charge in [-0.3, -0.25) is 0 Å². The molecule has 0 saturated carbocycles. The van der Waals surface area contributed by atoms with Gasteiger partial charge in [0.15, 0.2) is 0 Å². The Morgan fingerprint density at radius 1 is 1.16 bits per heavy atom. The lowest BCUT2D eigenvalue weighted by Gasteiger charge is -2.17. The minimum absolute atomic E-state index is 0.349. The molecule has 0 saturated heterocycles. The summed E-state index contributed by atoms with van der Waals surface area (Å²) in [5.74, 6) is 2.27. The van der Waals surface area contributed by atoms with E-state index in [1.54, 1.807) is 7.11 Å². The van der Waals surface area contributed by atoms with E-state index in [-0.39, 0.29) is 0 Å². The van der Waals surface area contributed by atoms with Gasteiger partial charge in [-0.1, -0.05) is 31.0 Å². The molecule has 1 aromatic rings. The lowest BCUT2D eigenvalue weighted by atomic mass is 10.1. The molecule has 0 aliphatic carbocycles. The van der Waals surface area contributed by atoms with Crippen LogP contribution in [0.3, 0.4) is 0 Å². The Labute approximate surface area is 122 Å². The highest BCUT2D eigenvalue weighted by molar-refractivity contribution is 7.98. The van der Waals surface area contributed by atoms with Crippen LogP contribution in [0.15, 0.2) is 24.3 Å². The van der Waals surface area contributed by atoms with E-state index in [2.05, 4.69) is 30.6 Å². The Hall–Kier alpha value is -0.670. The van der Waals surface area contributed by atoms with Gasteiger partial charge in [0.05, 0.1) is 7.11 Å². The summed E-state index contributed by atoms with van der Waals surface area (Å²) in [4.78, 5) is 0. The number of thioether (sulfide) groups is 1. The topological polar surface area (TPSA) is 21.3 Å². The monoisotopic (exact) mass is 281 g/mol. The Kier molecular flexibility index (Phi) is 8.76. The normalized spacial score (nSPS) is 12.4. The molecule has 0 aliphatic heterocycles. The van der Waals surface area contributed by atoms with Gasteiger partial charge in [-0.05, 0) is 44.4 Å². The van der Waals surface area contributed by atoms with Crippen LogP contribution in [0.2, 0.25) is 0 Å². The number of rotatable bonds is 10. The molecule has 0 amide bonds. The molecule has 0 aromatic heterocycles. The molecule has 0 heterocycles. The Morgan fingerprint density at radius 2 is 1.89 bits per heavy atom. The van der Waals surface area contributed by atoms with Crippen LogP contribution < -0.4 is 10.1 Å². The maximum absolute atomic E-state index is 5.40. The van der Waals surface area contributed by atoms with Gasteiger partial charge in [0, 0.05) is 11.6 Å². The van der Waals surface area contributed by atoms with Gasteiger partial charge in [0.1, 0.15) is 5.75 Å². The first kappa shape index (κ1) is 16.4. The fourth-order valence-corrected chi connectivity index (χ4v) is 2.67. The zero-order valence-electron chi connectivity index (χ0n) is 12.4. The third kappa shape index (κ3) is 6.35.